The van der Waals surface area contributed by atoms with E-state index in [-0.39, 0.29) is 0 Å². The largest absolute Gasteiger partial charge is 0.478 e. The highest BCUT2D eigenvalue weighted by Gasteiger charge is 2.24. The first-order valence-electron chi connectivity index (χ1n) is 6.56. The van der Waals surface area contributed by atoms with E-state index < -0.39 is 5.97 Å². The lowest BCUT2D eigenvalue weighted by Crippen LogP contribution is -2.36. The molecule has 2 rings (SSSR count). The highest BCUT2D eigenvalue weighted by molar-refractivity contribution is 5.94. The number of piperidine rings is 1. The summed E-state index contributed by atoms with van der Waals surface area (Å²) >= 11 is 0. The standard InChI is InChI=1S/C14H20N2O3/c1-10-3-6-15-13(12(10)14(17)18)16-7-4-11(5-8-16)9-19-2/h3,6,11H,4-5,7-9H2,1-2H3,(H,17,18). The van der Waals surface area contributed by atoms with Crippen LogP contribution in [-0.2, 0) is 4.74 Å². The summed E-state index contributed by atoms with van der Waals surface area (Å²) < 4.78 is 5.18. The molecule has 0 atom stereocenters. The van der Waals surface area contributed by atoms with Crippen molar-refractivity contribution in [1.82, 2.24) is 4.98 Å². The van der Waals surface area contributed by atoms with Crippen molar-refractivity contribution in [2.45, 2.75) is 19.8 Å². The zero-order valence-electron chi connectivity index (χ0n) is 11.4. The second-order valence-corrected chi connectivity index (χ2v) is 5.02. The van der Waals surface area contributed by atoms with Crippen LogP contribution in [0.5, 0.6) is 0 Å². The van der Waals surface area contributed by atoms with Gasteiger partial charge in [0.05, 0.1) is 0 Å². The van der Waals surface area contributed by atoms with E-state index in [1.54, 1.807) is 19.4 Å². The lowest BCUT2D eigenvalue weighted by Gasteiger charge is -2.33. The minimum atomic E-state index is -0.903. The first-order valence-corrected chi connectivity index (χ1v) is 6.56. The number of pyridine rings is 1. The zero-order chi connectivity index (χ0) is 13.8. The molecule has 0 bridgehead atoms. The number of carboxylic acid groups (broad SMARTS) is 1. The van der Waals surface area contributed by atoms with E-state index >= 15 is 0 Å². The Labute approximate surface area is 113 Å². The highest BCUT2D eigenvalue weighted by Crippen LogP contribution is 2.26. The maximum absolute atomic E-state index is 11.4. The minimum absolute atomic E-state index is 0.327. The smallest absolute Gasteiger partial charge is 0.339 e. The Hall–Kier alpha value is -1.62. The number of aromatic carboxylic acids is 1. The SMILES string of the molecule is COCC1CCN(c2nccc(C)c2C(=O)O)CC1. The summed E-state index contributed by atoms with van der Waals surface area (Å²) in [6.07, 6.45) is 3.71. The van der Waals surface area contributed by atoms with Gasteiger partial charge in [0.2, 0.25) is 0 Å². The van der Waals surface area contributed by atoms with Crippen LogP contribution < -0.4 is 4.90 Å². The quantitative estimate of drug-likeness (QED) is 0.900. The molecule has 1 N–H and O–H groups in total. The van der Waals surface area contributed by atoms with Crippen LogP contribution in [0.25, 0.3) is 0 Å². The predicted molar refractivity (Wildman–Crippen MR) is 72.7 cm³/mol. The van der Waals surface area contributed by atoms with Gasteiger partial charge in [-0.15, -0.1) is 0 Å². The summed E-state index contributed by atoms with van der Waals surface area (Å²) in [4.78, 5) is 17.7. The van der Waals surface area contributed by atoms with Crippen LogP contribution in [0.3, 0.4) is 0 Å². The molecule has 1 aromatic rings. The van der Waals surface area contributed by atoms with E-state index in [9.17, 15) is 9.90 Å². The molecule has 5 nitrogen and oxygen atoms in total. The zero-order valence-corrected chi connectivity index (χ0v) is 11.4. The fraction of sp³-hybridized carbons (Fsp3) is 0.571. The molecule has 0 saturated carbocycles. The Morgan fingerprint density at radius 2 is 2.21 bits per heavy atom. The molecule has 0 aromatic carbocycles. The molecule has 1 aliphatic rings. The van der Waals surface area contributed by atoms with E-state index in [0.29, 0.717) is 17.3 Å². The Balaban J connectivity index is 2.15. The van der Waals surface area contributed by atoms with Crippen molar-refractivity contribution in [3.8, 4) is 0 Å². The van der Waals surface area contributed by atoms with Crippen molar-refractivity contribution in [2.75, 3.05) is 31.7 Å². The van der Waals surface area contributed by atoms with Crippen molar-refractivity contribution in [3.05, 3.63) is 23.4 Å². The van der Waals surface area contributed by atoms with Crippen molar-refractivity contribution in [3.63, 3.8) is 0 Å². The van der Waals surface area contributed by atoms with Crippen molar-refractivity contribution < 1.29 is 14.6 Å². The molecule has 2 heterocycles. The van der Waals surface area contributed by atoms with Gasteiger partial charge in [0.25, 0.3) is 0 Å². The van der Waals surface area contributed by atoms with Gasteiger partial charge in [0, 0.05) is 33.0 Å². The summed E-state index contributed by atoms with van der Waals surface area (Å²) in [7, 11) is 1.72. The predicted octanol–water partition coefficient (Wildman–Crippen LogP) is 1.95. The van der Waals surface area contributed by atoms with Crippen molar-refractivity contribution in [2.24, 2.45) is 5.92 Å². The molecule has 0 radical (unpaired) electrons. The third kappa shape index (κ3) is 3.04. The van der Waals surface area contributed by atoms with Gasteiger partial charge in [-0.1, -0.05) is 0 Å². The maximum Gasteiger partial charge on any atom is 0.339 e. The molecule has 104 valence electrons. The van der Waals surface area contributed by atoms with Crippen LogP contribution in [0.4, 0.5) is 5.82 Å². The summed E-state index contributed by atoms with van der Waals surface area (Å²) in [6.45, 7) is 4.27. The molecule has 0 amide bonds. The van der Waals surface area contributed by atoms with Gasteiger partial charge >= 0.3 is 5.97 Å². The van der Waals surface area contributed by atoms with Crippen molar-refractivity contribution in [1.29, 1.82) is 0 Å². The Morgan fingerprint density at radius 3 is 2.79 bits per heavy atom. The van der Waals surface area contributed by atoms with Gasteiger partial charge in [0.1, 0.15) is 11.4 Å². The fourth-order valence-corrected chi connectivity index (χ4v) is 2.60. The summed E-state index contributed by atoms with van der Waals surface area (Å²) in [5.41, 5.74) is 1.09. The fourth-order valence-electron chi connectivity index (χ4n) is 2.60. The third-order valence-electron chi connectivity index (χ3n) is 3.67. The average Bonchev–Trinajstić information content (AvgIpc) is 2.39. The molecule has 1 fully saturated rings. The monoisotopic (exact) mass is 264 g/mol. The Bertz CT molecular complexity index is 454. The summed E-state index contributed by atoms with van der Waals surface area (Å²) in [6, 6.07) is 1.74. The van der Waals surface area contributed by atoms with Crippen LogP contribution in [-0.4, -0.2) is 42.9 Å². The Kier molecular flexibility index (Phi) is 4.37. The van der Waals surface area contributed by atoms with Crippen LogP contribution in [0.15, 0.2) is 12.3 Å². The summed E-state index contributed by atoms with van der Waals surface area (Å²) in [5, 5.41) is 9.33. The van der Waals surface area contributed by atoms with Gasteiger partial charge in [-0.2, -0.15) is 0 Å². The highest BCUT2D eigenvalue weighted by atomic mass is 16.5. The molecule has 0 unspecified atom stereocenters. The number of anilines is 1. The van der Waals surface area contributed by atoms with E-state index in [1.165, 1.54) is 0 Å². The van der Waals surface area contributed by atoms with Crippen LogP contribution >= 0.6 is 0 Å². The van der Waals surface area contributed by atoms with Gasteiger partial charge in [-0.05, 0) is 37.3 Å². The van der Waals surface area contributed by atoms with E-state index in [4.69, 9.17) is 4.74 Å². The van der Waals surface area contributed by atoms with Crippen molar-refractivity contribution >= 4 is 11.8 Å². The minimum Gasteiger partial charge on any atom is -0.478 e. The number of hydrogen-bond acceptors (Lipinski definition) is 4. The number of aryl methyl sites for hydroxylation is 1. The molecular formula is C14H20N2O3. The molecule has 0 aliphatic carbocycles. The normalized spacial score (nSPS) is 16.6. The summed E-state index contributed by atoms with van der Waals surface area (Å²) in [5.74, 6) is 0.266. The first kappa shape index (κ1) is 13.8. The Morgan fingerprint density at radius 1 is 1.53 bits per heavy atom. The van der Waals surface area contributed by atoms with E-state index in [1.807, 2.05) is 6.92 Å². The van der Waals surface area contributed by atoms with Crippen LogP contribution in [0.1, 0.15) is 28.8 Å². The number of nitrogens with zero attached hydrogens (tertiary/aromatic N) is 2. The van der Waals surface area contributed by atoms with Gasteiger partial charge in [0.15, 0.2) is 0 Å². The van der Waals surface area contributed by atoms with E-state index in [0.717, 1.165) is 38.1 Å². The van der Waals surface area contributed by atoms with Crippen LogP contribution in [0, 0.1) is 12.8 Å². The number of carboxylic acids is 1. The topological polar surface area (TPSA) is 62.7 Å². The molecule has 1 aromatic heterocycles. The third-order valence-corrected chi connectivity index (χ3v) is 3.67. The number of methoxy groups -OCH3 is 1. The lowest BCUT2D eigenvalue weighted by atomic mass is 9.97. The lowest BCUT2D eigenvalue weighted by molar-refractivity contribution is 0.0696. The second-order valence-electron chi connectivity index (χ2n) is 5.02. The first-order chi connectivity index (χ1) is 9.13. The molecular weight excluding hydrogens is 244 g/mol. The average molecular weight is 264 g/mol. The van der Waals surface area contributed by atoms with Gasteiger partial charge < -0.3 is 14.7 Å². The number of aromatic nitrogens is 1. The van der Waals surface area contributed by atoms with Gasteiger partial charge in [-0.3, -0.25) is 0 Å². The molecule has 19 heavy (non-hydrogen) atoms. The maximum atomic E-state index is 11.4. The number of rotatable bonds is 4. The van der Waals surface area contributed by atoms with Crippen LogP contribution in [0.2, 0.25) is 0 Å². The number of hydrogen-bond donors (Lipinski definition) is 1. The molecule has 1 saturated heterocycles. The number of ether oxygens (including phenoxy) is 1. The number of carbonyl (C=O) groups is 1. The van der Waals surface area contributed by atoms with Gasteiger partial charge in [-0.25, -0.2) is 9.78 Å². The molecule has 5 heteroatoms. The second kappa shape index (κ2) is 6.02. The van der Waals surface area contributed by atoms with E-state index in [2.05, 4.69) is 9.88 Å². The molecule has 0 spiro atoms. The molecule has 1 aliphatic heterocycles.